The Balaban J connectivity index is 1.52. The summed E-state index contributed by atoms with van der Waals surface area (Å²) < 4.78 is 79.0. The van der Waals surface area contributed by atoms with Gasteiger partial charge in [-0.2, -0.15) is 17.5 Å². The highest BCUT2D eigenvalue weighted by Gasteiger charge is 2.32. The molecule has 0 fully saturated rings. The second kappa shape index (κ2) is 10.0. The molecule has 0 radical (unpaired) electrons. The predicted molar refractivity (Wildman–Crippen MR) is 128 cm³/mol. The summed E-state index contributed by atoms with van der Waals surface area (Å²) in [6, 6.07) is 10.5. The number of anilines is 1. The van der Waals surface area contributed by atoms with Gasteiger partial charge in [-0.05, 0) is 59.5 Å². The monoisotopic (exact) mass is 560 g/mol. The van der Waals surface area contributed by atoms with Crippen molar-refractivity contribution in [3.05, 3.63) is 92.7 Å². The number of fused-ring (bicyclic) bond motifs is 1. The van der Waals surface area contributed by atoms with E-state index in [1.165, 1.54) is 22.5 Å². The SMILES string of the molecule is O=C(Cc1ccc(C(F)(F)F)cc1)Nc1c(Cl)ccc2c1CCN(S(=O)(=O)c1ccc(F)cc1Cl)C2. The fourth-order valence-corrected chi connectivity index (χ4v) is 6.09. The van der Waals surface area contributed by atoms with E-state index in [0.717, 1.165) is 30.3 Å². The number of hydrogen-bond acceptors (Lipinski definition) is 3. The molecule has 0 saturated carbocycles. The lowest BCUT2D eigenvalue weighted by molar-refractivity contribution is -0.137. The van der Waals surface area contributed by atoms with Gasteiger partial charge in [-0.15, -0.1) is 0 Å². The molecule has 3 aromatic carbocycles. The van der Waals surface area contributed by atoms with Crippen molar-refractivity contribution in [2.24, 2.45) is 0 Å². The third kappa shape index (κ3) is 5.51. The summed E-state index contributed by atoms with van der Waals surface area (Å²) in [6.07, 6.45) is -4.42. The quantitative estimate of drug-likeness (QED) is 0.384. The number of hydrogen-bond donors (Lipinski definition) is 1. The summed E-state index contributed by atoms with van der Waals surface area (Å²) in [7, 11) is -4.02. The Labute approximate surface area is 214 Å². The molecule has 190 valence electrons. The van der Waals surface area contributed by atoms with Crippen molar-refractivity contribution in [3.63, 3.8) is 0 Å². The molecule has 1 N–H and O–H groups in total. The van der Waals surface area contributed by atoms with Gasteiger partial charge in [-0.1, -0.05) is 41.4 Å². The third-order valence-electron chi connectivity index (χ3n) is 5.74. The van der Waals surface area contributed by atoms with E-state index in [4.69, 9.17) is 23.2 Å². The lowest BCUT2D eigenvalue weighted by atomic mass is 9.98. The van der Waals surface area contributed by atoms with E-state index < -0.39 is 33.5 Å². The Bertz CT molecular complexity index is 1430. The van der Waals surface area contributed by atoms with Gasteiger partial charge >= 0.3 is 6.18 Å². The van der Waals surface area contributed by atoms with Crippen molar-refractivity contribution in [3.8, 4) is 0 Å². The molecule has 0 aromatic heterocycles. The van der Waals surface area contributed by atoms with Gasteiger partial charge in [-0.25, -0.2) is 12.8 Å². The first kappa shape index (κ1) is 26.4. The highest BCUT2D eigenvalue weighted by Crippen LogP contribution is 2.36. The van der Waals surface area contributed by atoms with Crippen LogP contribution in [0.2, 0.25) is 10.0 Å². The van der Waals surface area contributed by atoms with Crippen LogP contribution >= 0.6 is 23.2 Å². The van der Waals surface area contributed by atoms with Gasteiger partial charge < -0.3 is 5.32 Å². The van der Waals surface area contributed by atoms with E-state index in [0.29, 0.717) is 22.4 Å². The molecule has 3 aromatic rings. The molecular formula is C24H18Cl2F4N2O3S. The topological polar surface area (TPSA) is 66.5 Å². The summed E-state index contributed by atoms with van der Waals surface area (Å²) >= 11 is 12.3. The van der Waals surface area contributed by atoms with Crippen molar-refractivity contribution < 1.29 is 30.8 Å². The van der Waals surface area contributed by atoms with Crippen LogP contribution in [-0.2, 0) is 40.4 Å². The van der Waals surface area contributed by atoms with E-state index in [1.807, 2.05) is 0 Å². The summed E-state index contributed by atoms with van der Waals surface area (Å²) in [6.45, 7) is 0.0372. The first-order chi connectivity index (χ1) is 16.9. The summed E-state index contributed by atoms with van der Waals surface area (Å²) in [5.74, 6) is -1.15. The molecule has 12 heteroatoms. The highest BCUT2D eigenvalue weighted by atomic mass is 35.5. The van der Waals surface area contributed by atoms with Gasteiger partial charge in [0.2, 0.25) is 15.9 Å². The van der Waals surface area contributed by atoms with Crippen molar-refractivity contribution in [1.82, 2.24) is 4.31 Å². The Morgan fingerprint density at radius 3 is 2.33 bits per heavy atom. The van der Waals surface area contributed by atoms with Crippen LogP contribution < -0.4 is 5.32 Å². The molecule has 5 nitrogen and oxygen atoms in total. The van der Waals surface area contributed by atoms with Crippen molar-refractivity contribution in [2.75, 3.05) is 11.9 Å². The van der Waals surface area contributed by atoms with Crippen LogP contribution in [-0.4, -0.2) is 25.2 Å². The zero-order valence-electron chi connectivity index (χ0n) is 18.4. The minimum atomic E-state index is -4.47. The smallest absolute Gasteiger partial charge is 0.324 e. The number of benzene rings is 3. The fourth-order valence-electron chi connectivity index (χ4n) is 3.95. The number of carbonyl (C=O) groups is 1. The molecule has 4 rings (SSSR count). The maximum absolute atomic E-state index is 13.4. The average molecular weight is 561 g/mol. The predicted octanol–water partition coefficient (Wildman–Crippen LogP) is 6.08. The second-order valence-corrected chi connectivity index (χ2v) is 10.9. The van der Waals surface area contributed by atoms with Gasteiger partial charge in [0.25, 0.3) is 0 Å². The van der Waals surface area contributed by atoms with Crippen molar-refractivity contribution >= 4 is 44.8 Å². The van der Waals surface area contributed by atoms with Crippen LogP contribution in [0.1, 0.15) is 22.3 Å². The van der Waals surface area contributed by atoms with Crippen molar-refractivity contribution in [2.45, 2.75) is 30.5 Å². The zero-order valence-corrected chi connectivity index (χ0v) is 20.7. The fraction of sp³-hybridized carbons (Fsp3) is 0.208. The molecule has 0 aliphatic carbocycles. The average Bonchev–Trinajstić information content (AvgIpc) is 2.80. The lowest BCUT2D eigenvalue weighted by Gasteiger charge is -2.30. The molecule has 1 aliphatic rings. The zero-order chi connectivity index (χ0) is 26.3. The molecule has 1 heterocycles. The summed E-state index contributed by atoms with van der Waals surface area (Å²) in [4.78, 5) is 12.4. The largest absolute Gasteiger partial charge is 0.416 e. The molecule has 0 atom stereocenters. The molecule has 0 unspecified atom stereocenters. The minimum Gasteiger partial charge on any atom is -0.324 e. The van der Waals surface area contributed by atoms with Crippen LogP contribution in [0.15, 0.2) is 59.5 Å². The molecular weight excluding hydrogens is 543 g/mol. The van der Waals surface area contributed by atoms with Gasteiger partial charge in [0.15, 0.2) is 0 Å². The van der Waals surface area contributed by atoms with Gasteiger partial charge in [0, 0.05) is 13.1 Å². The molecule has 36 heavy (non-hydrogen) atoms. The van der Waals surface area contributed by atoms with E-state index >= 15 is 0 Å². The maximum atomic E-state index is 13.4. The molecule has 1 aliphatic heterocycles. The van der Waals surface area contributed by atoms with Crippen LogP contribution in [0, 0.1) is 5.82 Å². The Morgan fingerprint density at radius 2 is 1.69 bits per heavy atom. The van der Waals surface area contributed by atoms with Crippen LogP contribution in [0.3, 0.4) is 0 Å². The number of nitrogens with zero attached hydrogens (tertiary/aromatic N) is 1. The summed E-state index contributed by atoms with van der Waals surface area (Å²) in [5, 5.41) is 2.72. The third-order valence-corrected chi connectivity index (χ3v) is 8.38. The highest BCUT2D eigenvalue weighted by molar-refractivity contribution is 7.89. The van der Waals surface area contributed by atoms with Gasteiger partial charge in [-0.3, -0.25) is 4.79 Å². The molecule has 0 bridgehead atoms. The molecule has 0 spiro atoms. The standard InChI is InChI=1S/C24H18Cl2F4N2O3S/c25-19-7-3-15-13-32(36(34,35)21-8-6-17(27)12-20(21)26)10-9-18(15)23(19)31-22(33)11-14-1-4-16(5-2-14)24(28,29)30/h1-8,12H,9-11,13H2,(H,31,33). The summed E-state index contributed by atoms with van der Waals surface area (Å²) in [5.41, 5.74) is 1.16. The van der Waals surface area contributed by atoms with E-state index in [9.17, 15) is 30.8 Å². The van der Waals surface area contributed by atoms with Gasteiger partial charge in [0.1, 0.15) is 10.7 Å². The number of nitrogens with one attached hydrogen (secondary N) is 1. The number of alkyl halides is 3. The number of sulfonamides is 1. The Morgan fingerprint density at radius 1 is 1.00 bits per heavy atom. The maximum Gasteiger partial charge on any atom is 0.416 e. The second-order valence-electron chi connectivity index (χ2n) is 8.14. The Hall–Kier alpha value is -2.66. The first-order valence-electron chi connectivity index (χ1n) is 10.6. The lowest BCUT2D eigenvalue weighted by Crippen LogP contribution is -2.36. The van der Waals surface area contributed by atoms with Gasteiger partial charge in [0.05, 0.1) is 27.7 Å². The normalized spacial score (nSPS) is 14.4. The van der Waals surface area contributed by atoms with E-state index in [2.05, 4.69) is 5.32 Å². The van der Waals surface area contributed by atoms with Crippen LogP contribution in [0.25, 0.3) is 0 Å². The molecule has 0 saturated heterocycles. The number of halogens is 6. The molecule has 1 amide bonds. The van der Waals surface area contributed by atoms with E-state index in [1.54, 1.807) is 6.07 Å². The van der Waals surface area contributed by atoms with Crippen LogP contribution in [0.4, 0.5) is 23.2 Å². The Kier molecular flexibility index (Phi) is 7.34. The number of carbonyl (C=O) groups excluding carboxylic acids is 1. The van der Waals surface area contributed by atoms with Crippen molar-refractivity contribution in [1.29, 1.82) is 0 Å². The van der Waals surface area contributed by atoms with Crippen LogP contribution in [0.5, 0.6) is 0 Å². The first-order valence-corrected chi connectivity index (χ1v) is 12.8. The number of rotatable bonds is 5. The minimum absolute atomic E-state index is 0.0235. The van der Waals surface area contributed by atoms with E-state index in [-0.39, 0.29) is 40.9 Å². The number of amides is 1.